The maximum atomic E-state index is 11.2. The number of nitrogens with one attached hydrogen (secondary N) is 1. The zero-order chi connectivity index (χ0) is 19.0. The van der Waals surface area contributed by atoms with Crippen molar-refractivity contribution in [3.63, 3.8) is 0 Å². The third-order valence-electron chi connectivity index (χ3n) is 5.80. The average Bonchev–Trinajstić information content (AvgIpc) is 3.11. The van der Waals surface area contributed by atoms with E-state index < -0.39 is 0 Å². The Balaban J connectivity index is 1.88. The van der Waals surface area contributed by atoms with E-state index in [0.29, 0.717) is 12.0 Å². The van der Waals surface area contributed by atoms with E-state index in [2.05, 4.69) is 17.3 Å². The quantitative estimate of drug-likeness (QED) is 0.503. The Morgan fingerprint density at radius 1 is 1.30 bits per heavy atom. The Hall–Kier alpha value is -2.70. The van der Waals surface area contributed by atoms with Gasteiger partial charge in [0, 0.05) is 24.1 Å². The lowest BCUT2D eigenvalue weighted by Crippen LogP contribution is -2.20. The summed E-state index contributed by atoms with van der Waals surface area (Å²) in [5.74, 6) is 0.624. The van der Waals surface area contributed by atoms with Gasteiger partial charge >= 0.3 is 0 Å². The van der Waals surface area contributed by atoms with E-state index in [9.17, 15) is 10.1 Å². The van der Waals surface area contributed by atoms with Gasteiger partial charge in [0.1, 0.15) is 0 Å². The fourth-order valence-corrected chi connectivity index (χ4v) is 4.32. The lowest BCUT2D eigenvalue weighted by Gasteiger charge is -2.28. The fraction of sp³-hybridized carbons (Fsp3) is 0.500. The summed E-state index contributed by atoms with van der Waals surface area (Å²) in [4.78, 5) is 15.7. The smallest absolute Gasteiger partial charge is 0.270 e. The summed E-state index contributed by atoms with van der Waals surface area (Å²) in [5, 5.41) is 20.9. The van der Waals surface area contributed by atoms with Gasteiger partial charge in [0.25, 0.3) is 5.69 Å². The first kappa shape index (κ1) is 17.7. The van der Waals surface area contributed by atoms with Crippen LogP contribution in [0.5, 0.6) is 0 Å². The van der Waals surface area contributed by atoms with Gasteiger partial charge in [-0.3, -0.25) is 10.1 Å². The molecule has 1 aliphatic carbocycles. The summed E-state index contributed by atoms with van der Waals surface area (Å²) in [6.07, 6.45) is 8.23. The lowest BCUT2D eigenvalue weighted by molar-refractivity contribution is -0.384. The summed E-state index contributed by atoms with van der Waals surface area (Å²) in [6.45, 7) is 4.97. The molecule has 4 rings (SSSR count). The first-order valence-electron chi connectivity index (χ1n) is 9.79. The Morgan fingerprint density at radius 3 is 2.78 bits per heavy atom. The molecule has 1 saturated carbocycles. The third-order valence-corrected chi connectivity index (χ3v) is 5.80. The van der Waals surface area contributed by atoms with Crippen LogP contribution in [-0.2, 0) is 0 Å². The van der Waals surface area contributed by atoms with Crippen molar-refractivity contribution < 1.29 is 4.92 Å². The fourth-order valence-electron chi connectivity index (χ4n) is 4.32. The van der Waals surface area contributed by atoms with Gasteiger partial charge in [0.2, 0.25) is 0 Å². The van der Waals surface area contributed by atoms with Crippen LogP contribution in [0.25, 0.3) is 21.9 Å². The van der Waals surface area contributed by atoms with Crippen LogP contribution in [0, 0.1) is 16.0 Å². The molecule has 0 amide bonds. The number of nitro groups is 1. The number of pyridine rings is 1. The molecule has 142 valence electrons. The number of benzene rings is 1. The van der Waals surface area contributed by atoms with Gasteiger partial charge in [-0.25, -0.2) is 9.67 Å². The van der Waals surface area contributed by atoms with E-state index in [-0.39, 0.29) is 10.6 Å². The number of anilines is 1. The molecule has 0 bridgehead atoms. The van der Waals surface area contributed by atoms with Gasteiger partial charge in [-0.2, -0.15) is 5.10 Å². The van der Waals surface area contributed by atoms with Crippen molar-refractivity contribution in [1.82, 2.24) is 14.8 Å². The first-order valence-corrected chi connectivity index (χ1v) is 9.79. The average molecular weight is 367 g/mol. The third kappa shape index (κ3) is 3.11. The number of nitro benzene ring substituents is 1. The highest BCUT2D eigenvalue weighted by Crippen LogP contribution is 2.37. The maximum Gasteiger partial charge on any atom is 0.270 e. The molecule has 1 fully saturated rings. The molecule has 1 aromatic carbocycles. The van der Waals surface area contributed by atoms with Crippen LogP contribution in [-0.4, -0.2) is 26.2 Å². The van der Waals surface area contributed by atoms with E-state index >= 15 is 0 Å². The monoisotopic (exact) mass is 367 g/mol. The van der Waals surface area contributed by atoms with Crippen molar-refractivity contribution in [1.29, 1.82) is 0 Å². The maximum absolute atomic E-state index is 11.2. The molecule has 1 N–H and O–H groups in total. The number of aromatic nitrogens is 3. The highest BCUT2D eigenvalue weighted by atomic mass is 16.6. The molecule has 0 spiro atoms. The number of hydrogen-bond acceptors (Lipinski definition) is 5. The molecule has 0 unspecified atom stereocenters. The Kier molecular flexibility index (Phi) is 4.68. The van der Waals surface area contributed by atoms with Gasteiger partial charge in [-0.1, -0.05) is 19.3 Å². The second-order valence-electron chi connectivity index (χ2n) is 7.44. The van der Waals surface area contributed by atoms with Crippen molar-refractivity contribution in [2.75, 3.05) is 11.9 Å². The second-order valence-corrected chi connectivity index (χ2v) is 7.44. The van der Waals surface area contributed by atoms with Gasteiger partial charge < -0.3 is 5.32 Å². The normalized spacial score (nSPS) is 16.7. The van der Waals surface area contributed by atoms with E-state index in [1.807, 2.05) is 17.8 Å². The van der Waals surface area contributed by atoms with E-state index in [1.165, 1.54) is 38.2 Å². The van der Waals surface area contributed by atoms with Crippen molar-refractivity contribution in [2.24, 2.45) is 5.92 Å². The van der Waals surface area contributed by atoms with Crippen LogP contribution in [0.15, 0.2) is 24.4 Å². The molecule has 7 heteroatoms. The minimum atomic E-state index is -0.367. The molecular formula is C20H25N5O2. The molecule has 0 saturated heterocycles. The van der Waals surface area contributed by atoms with Crippen LogP contribution >= 0.6 is 0 Å². The topological polar surface area (TPSA) is 85.9 Å². The summed E-state index contributed by atoms with van der Waals surface area (Å²) in [7, 11) is 0. The highest BCUT2D eigenvalue weighted by Gasteiger charge is 2.25. The molecule has 3 aromatic rings. The summed E-state index contributed by atoms with van der Waals surface area (Å²) in [6, 6.07) is 5.14. The van der Waals surface area contributed by atoms with Crippen molar-refractivity contribution in [2.45, 2.75) is 52.0 Å². The van der Waals surface area contributed by atoms with Crippen molar-refractivity contribution >= 4 is 33.3 Å². The summed E-state index contributed by atoms with van der Waals surface area (Å²) >= 11 is 0. The largest absolute Gasteiger partial charge is 0.384 e. The Labute approximate surface area is 157 Å². The Morgan fingerprint density at radius 2 is 2.07 bits per heavy atom. The molecule has 0 aliphatic heterocycles. The minimum Gasteiger partial charge on any atom is -0.384 e. The molecule has 2 heterocycles. The van der Waals surface area contributed by atoms with Gasteiger partial charge in [0.15, 0.2) is 5.65 Å². The molecular weight excluding hydrogens is 342 g/mol. The number of nitrogens with zero attached hydrogens (tertiary/aromatic N) is 4. The predicted molar refractivity (Wildman–Crippen MR) is 107 cm³/mol. The SMILES string of the molecule is CCNc1c2cc([N+](=O)[O-])ccc2nc2c1cnn2[C@H](C)C1CCCCC1. The Bertz CT molecular complexity index is 991. The molecule has 2 aromatic heterocycles. The number of hydrogen-bond donors (Lipinski definition) is 1. The summed E-state index contributed by atoms with van der Waals surface area (Å²) in [5.41, 5.74) is 2.56. The summed E-state index contributed by atoms with van der Waals surface area (Å²) < 4.78 is 2.05. The van der Waals surface area contributed by atoms with E-state index in [4.69, 9.17) is 4.98 Å². The molecule has 27 heavy (non-hydrogen) atoms. The standard InChI is InChI=1S/C20H25N5O2/c1-3-21-19-16-11-15(25(26)27)9-10-18(16)23-20-17(19)12-22-24(20)13(2)14-7-5-4-6-8-14/h9-14H,3-8H2,1-2H3,(H,21,23)/t13-/m1/s1. The zero-order valence-corrected chi connectivity index (χ0v) is 15.8. The first-order chi connectivity index (χ1) is 13.1. The van der Waals surface area contributed by atoms with Crippen LogP contribution in [0.4, 0.5) is 11.4 Å². The van der Waals surface area contributed by atoms with Crippen LogP contribution in [0.1, 0.15) is 52.0 Å². The van der Waals surface area contributed by atoms with Crippen molar-refractivity contribution in [3.8, 4) is 0 Å². The minimum absolute atomic E-state index is 0.0748. The molecule has 1 aliphatic rings. The number of fused-ring (bicyclic) bond motifs is 2. The van der Waals surface area contributed by atoms with Gasteiger partial charge in [-0.05, 0) is 38.7 Å². The van der Waals surface area contributed by atoms with Crippen molar-refractivity contribution in [3.05, 3.63) is 34.5 Å². The number of non-ortho nitro benzene ring substituents is 1. The van der Waals surface area contributed by atoms with Gasteiger partial charge in [0.05, 0.1) is 33.8 Å². The second kappa shape index (κ2) is 7.13. The highest BCUT2D eigenvalue weighted by molar-refractivity contribution is 6.07. The predicted octanol–water partition coefficient (Wildman–Crippen LogP) is 5.07. The number of rotatable bonds is 5. The lowest BCUT2D eigenvalue weighted by atomic mass is 9.84. The van der Waals surface area contributed by atoms with Crippen LogP contribution in [0.2, 0.25) is 0 Å². The van der Waals surface area contributed by atoms with Crippen LogP contribution in [0.3, 0.4) is 0 Å². The zero-order valence-electron chi connectivity index (χ0n) is 15.8. The van der Waals surface area contributed by atoms with Crippen LogP contribution < -0.4 is 5.32 Å². The molecule has 1 atom stereocenters. The van der Waals surface area contributed by atoms with E-state index in [1.54, 1.807) is 12.1 Å². The molecule has 7 nitrogen and oxygen atoms in total. The van der Waals surface area contributed by atoms with Gasteiger partial charge in [-0.15, -0.1) is 0 Å². The molecule has 0 radical (unpaired) electrons. The van der Waals surface area contributed by atoms with E-state index in [0.717, 1.165) is 34.2 Å².